The molecule has 0 bridgehead atoms. The van der Waals surface area contributed by atoms with E-state index in [1.165, 1.54) is 4.88 Å². The van der Waals surface area contributed by atoms with Gasteiger partial charge in [0.05, 0.1) is 29.1 Å². The van der Waals surface area contributed by atoms with Gasteiger partial charge in [0.2, 0.25) is 5.95 Å². The lowest BCUT2D eigenvalue weighted by Gasteiger charge is -2.14. The summed E-state index contributed by atoms with van der Waals surface area (Å²) >= 11 is 1.70. The standard InChI is InChI=1S/C17H19N5OS/c1-11(10-23-3)21-17-20-8-13(14-9-18-6-7-19-14)16(22-17)15-5-4-12(2)24-15/h4-9,11H,10H2,1-3H3,(H,20,21,22)/t11-/m1/s1. The monoisotopic (exact) mass is 341 g/mol. The molecule has 24 heavy (non-hydrogen) atoms. The summed E-state index contributed by atoms with van der Waals surface area (Å²) in [5, 5.41) is 3.26. The van der Waals surface area contributed by atoms with Gasteiger partial charge in [0.15, 0.2) is 0 Å². The van der Waals surface area contributed by atoms with Crippen molar-refractivity contribution in [1.82, 2.24) is 19.9 Å². The van der Waals surface area contributed by atoms with Crippen molar-refractivity contribution in [3.8, 4) is 21.8 Å². The van der Waals surface area contributed by atoms with Crippen molar-refractivity contribution in [2.75, 3.05) is 19.0 Å². The van der Waals surface area contributed by atoms with E-state index in [1.54, 1.807) is 43.2 Å². The maximum Gasteiger partial charge on any atom is 0.223 e. The van der Waals surface area contributed by atoms with Crippen LogP contribution in [0.5, 0.6) is 0 Å². The van der Waals surface area contributed by atoms with Crippen molar-refractivity contribution in [2.45, 2.75) is 19.9 Å². The molecule has 0 aliphatic carbocycles. The molecule has 3 aromatic rings. The van der Waals surface area contributed by atoms with Crippen LogP contribution in [0.25, 0.3) is 21.8 Å². The maximum absolute atomic E-state index is 5.15. The van der Waals surface area contributed by atoms with Gasteiger partial charge in [-0.15, -0.1) is 11.3 Å². The van der Waals surface area contributed by atoms with Crippen molar-refractivity contribution < 1.29 is 4.74 Å². The van der Waals surface area contributed by atoms with E-state index >= 15 is 0 Å². The molecule has 0 fully saturated rings. The Labute approximate surface area is 145 Å². The van der Waals surface area contributed by atoms with Crippen LogP contribution in [0, 0.1) is 6.92 Å². The Morgan fingerprint density at radius 1 is 1.21 bits per heavy atom. The van der Waals surface area contributed by atoms with Crippen molar-refractivity contribution in [3.05, 3.63) is 41.8 Å². The quantitative estimate of drug-likeness (QED) is 0.740. The van der Waals surface area contributed by atoms with Gasteiger partial charge in [-0.1, -0.05) is 0 Å². The Balaban J connectivity index is 2.03. The second-order valence-electron chi connectivity index (χ2n) is 5.46. The zero-order valence-electron chi connectivity index (χ0n) is 13.9. The number of anilines is 1. The van der Waals surface area contributed by atoms with Crippen LogP contribution in [-0.2, 0) is 4.74 Å². The maximum atomic E-state index is 5.15. The Morgan fingerprint density at radius 3 is 2.75 bits per heavy atom. The zero-order chi connectivity index (χ0) is 16.9. The predicted molar refractivity (Wildman–Crippen MR) is 96.1 cm³/mol. The number of nitrogens with one attached hydrogen (secondary N) is 1. The number of methoxy groups -OCH3 is 1. The van der Waals surface area contributed by atoms with Crippen LogP contribution >= 0.6 is 11.3 Å². The SMILES string of the molecule is COC[C@@H](C)Nc1ncc(-c2cnccn2)c(-c2ccc(C)s2)n1. The number of hydrogen-bond donors (Lipinski definition) is 1. The molecular weight excluding hydrogens is 322 g/mol. The molecule has 6 nitrogen and oxygen atoms in total. The molecule has 3 rings (SSSR count). The van der Waals surface area contributed by atoms with Crippen molar-refractivity contribution in [2.24, 2.45) is 0 Å². The fourth-order valence-corrected chi connectivity index (χ4v) is 3.21. The first-order valence-corrected chi connectivity index (χ1v) is 8.44. The highest BCUT2D eigenvalue weighted by atomic mass is 32.1. The number of aromatic nitrogens is 4. The van der Waals surface area contributed by atoms with Gasteiger partial charge in [-0.2, -0.15) is 0 Å². The Kier molecular flexibility index (Phi) is 5.12. The number of thiophene rings is 1. The van der Waals surface area contributed by atoms with Gasteiger partial charge in [0.25, 0.3) is 0 Å². The summed E-state index contributed by atoms with van der Waals surface area (Å²) in [5.41, 5.74) is 2.49. The molecule has 0 spiro atoms. The summed E-state index contributed by atoms with van der Waals surface area (Å²) in [4.78, 5) is 20.0. The molecule has 0 saturated heterocycles. The van der Waals surface area contributed by atoms with Crippen molar-refractivity contribution >= 4 is 17.3 Å². The van der Waals surface area contributed by atoms with E-state index in [9.17, 15) is 0 Å². The van der Waals surface area contributed by atoms with E-state index in [-0.39, 0.29) is 6.04 Å². The highest BCUT2D eigenvalue weighted by Crippen LogP contribution is 2.33. The van der Waals surface area contributed by atoms with E-state index in [4.69, 9.17) is 9.72 Å². The molecule has 0 aromatic carbocycles. The molecule has 124 valence electrons. The third-order valence-electron chi connectivity index (χ3n) is 3.39. The van der Waals surface area contributed by atoms with Crippen LogP contribution in [-0.4, -0.2) is 39.7 Å². The van der Waals surface area contributed by atoms with Gasteiger partial charge in [-0.05, 0) is 26.0 Å². The molecule has 3 heterocycles. The smallest absolute Gasteiger partial charge is 0.223 e. The Hall–Kier alpha value is -2.38. The van der Waals surface area contributed by atoms with Crippen LogP contribution in [0.1, 0.15) is 11.8 Å². The van der Waals surface area contributed by atoms with Crippen LogP contribution in [0.2, 0.25) is 0 Å². The van der Waals surface area contributed by atoms with E-state index in [2.05, 4.69) is 39.3 Å². The van der Waals surface area contributed by atoms with Gasteiger partial charge in [-0.3, -0.25) is 9.97 Å². The predicted octanol–water partition coefficient (Wildman–Crippen LogP) is 3.42. The number of rotatable bonds is 6. The minimum absolute atomic E-state index is 0.121. The second kappa shape index (κ2) is 7.46. The summed E-state index contributed by atoms with van der Waals surface area (Å²) in [6, 6.07) is 4.28. The Bertz CT molecular complexity index is 806. The minimum atomic E-state index is 0.121. The van der Waals surface area contributed by atoms with Gasteiger partial charge in [0, 0.05) is 42.2 Å². The number of nitrogens with zero attached hydrogens (tertiary/aromatic N) is 4. The highest BCUT2D eigenvalue weighted by molar-refractivity contribution is 7.15. The summed E-state index contributed by atoms with van der Waals surface area (Å²) in [6.45, 7) is 4.69. The highest BCUT2D eigenvalue weighted by Gasteiger charge is 2.15. The third kappa shape index (κ3) is 3.74. The second-order valence-corrected chi connectivity index (χ2v) is 6.75. The first kappa shape index (κ1) is 16.5. The molecule has 0 aliphatic heterocycles. The molecule has 0 saturated carbocycles. The Morgan fingerprint density at radius 2 is 2.08 bits per heavy atom. The van der Waals surface area contributed by atoms with Gasteiger partial charge in [-0.25, -0.2) is 9.97 Å². The van der Waals surface area contributed by atoms with Crippen LogP contribution in [0.15, 0.2) is 36.9 Å². The fourth-order valence-electron chi connectivity index (χ4n) is 2.34. The van der Waals surface area contributed by atoms with Crippen LogP contribution in [0.3, 0.4) is 0 Å². The minimum Gasteiger partial charge on any atom is -0.383 e. The lowest BCUT2D eigenvalue weighted by molar-refractivity contribution is 0.190. The average molecular weight is 341 g/mol. The lowest BCUT2D eigenvalue weighted by Crippen LogP contribution is -2.22. The lowest BCUT2D eigenvalue weighted by atomic mass is 10.1. The normalized spacial score (nSPS) is 12.1. The molecule has 1 N–H and O–H groups in total. The van der Waals surface area contributed by atoms with Gasteiger partial charge < -0.3 is 10.1 Å². The summed E-state index contributed by atoms with van der Waals surface area (Å²) in [5.74, 6) is 0.577. The molecule has 0 aliphatic rings. The molecule has 0 amide bonds. The van der Waals surface area contributed by atoms with Crippen molar-refractivity contribution in [1.29, 1.82) is 0 Å². The van der Waals surface area contributed by atoms with E-state index in [0.29, 0.717) is 12.6 Å². The fraction of sp³-hybridized carbons (Fsp3) is 0.294. The molecule has 3 aromatic heterocycles. The average Bonchev–Trinajstić information content (AvgIpc) is 3.02. The topological polar surface area (TPSA) is 72.8 Å². The summed E-state index contributed by atoms with van der Waals surface area (Å²) < 4.78 is 5.15. The first-order chi connectivity index (χ1) is 11.7. The molecular formula is C17H19N5OS. The first-order valence-electron chi connectivity index (χ1n) is 7.63. The van der Waals surface area contributed by atoms with E-state index < -0.39 is 0 Å². The van der Waals surface area contributed by atoms with E-state index in [0.717, 1.165) is 21.8 Å². The summed E-state index contributed by atoms with van der Waals surface area (Å²) in [7, 11) is 1.68. The number of hydrogen-bond acceptors (Lipinski definition) is 7. The number of aryl methyl sites for hydroxylation is 1. The zero-order valence-corrected chi connectivity index (χ0v) is 14.7. The van der Waals surface area contributed by atoms with Crippen LogP contribution in [0.4, 0.5) is 5.95 Å². The van der Waals surface area contributed by atoms with Gasteiger partial charge >= 0.3 is 0 Å². The third-order valence-corrected chi connectivity index (χ3v) is 4.40. The molecule has 0 radical (unpaired) electrons. The van der Waals surface area contributed by atoms with Gasteiger partial charge in [0.1, 0.15) is 0 Å². The van der Waals surface area contributed by atoms with E-state index in [1.807, 2.05) is 6.92 Å². The van der Waals surface area contributed by atoms with Crippen LogP contribution < -0.4 is 5.32 Å². The largest absolute Gasteiger partial charge is 0.383 e. The molecule has 0 unspecified atom stereocenters. The number of ether oxygens (including phenoxy) is 1. The van der Waals surface area contributed by atoms with Crippen molar-refractivity contribution in [3.63, 3.8) is 0 Å². The molecule has 1 atom stereocenters. The summed E-state index contributed by atoms with van der Waals surface area (Å²) in [6.07, 6.45) is 6.85. The molecule has 7 heteroatoms.